The number of hydrogen-bond acceptors (Lipinski definition) is 2. The number of anilines is 1. The Morgan fingerprint density at radius 1 is 0.967 bits per heavy atom. The number of aromatic nitrogens is 2. The number of hydrogen-bond donors (Lipinski definition) is 0. The fourth-order valence-electron chi connectivity index (χ4n) is 4.56. The molecule has 1 saturated heterocycles. The molecule has 0 saturated carbocycles. The van der Waals surface area contributed by atoms with E-state index >= 15 is 0 Å². The molecule has 0 bridgehead atoms. The number of aryl methyl sites for hydroxylation is 2. The van der Waals surface area contributed by atoms with Gasteiger partial charge in [0.15, 0.2) is 0 Å². The van der Waals surface area contributed by atoms with Crippen LogP contribution in [-0.4, -0.2) is 22.0 Å². The van der Waals surface area contributed by atoms with Crippen LogP contribution >= 0.6 is 0 Å². The van der Waals surface area contributed by atoms with E-state index in [0.29, 0.717) is 13.0 Å². The van der Waals surface area contributed by atoms with Crippen molar-refractivity contribution in [2.45, 2.75) is 32.7 Å². The number of rotatable bonds is 4. The van der Waals surface area contributed by atoms with Gasteiger partial charge >= 0.3 is 0 Å². The number of carbonyl (C=O) groups is 1. The van der Waals surface area contributed by atoms with Crippen LogP contribution in [-0.2, 0) is 11.3 Å². The van der Waals surface area contributed by atoms with Crippen molar-refractivity contribution >= 4 is 22.6 Å². The lowest BCUT2D eigenvalue weighted by atomic mass is 10.1. The molecule has 4 heteroatoms. The molecule has 0 N–H and O–H groups in total. The number of carbonyl (C=O) groups excluding carboxylic acids is 1. The van der Waals surface area contributed by atoms with Crippen molar-refractivity contribution in [3.05, 3.63) is 95.3 Å². The van der Waals surface area contributed by atoms with Gasteiger partial charge in [-0.1, -0.05) is 60.2 Å². The van der Waals surface area contributed by atoms with Crippen LogP contribution in [0.15, 0.2) is 72.8 Å². The first-order valence-electron chi connectivity index (χ1n) is 10.5. The second-order valence-corrected chi connectivity index (χ2v) is 8.23. The summed E-state index contributed by atoms with van der Waals surface area (Å²) in [6.45, 7) is 5.58. The molecule has 1 amide bonds. The zero-order valence-corrected chi connectivity index (χ0v) is 17.4. The summed E-state index contributed by atoms with van der Waals surface area (Å²) < 4.78 is 2.29. The maximum atomic E-state index is 13.0. The number of nitrogens with zero attached hydrogens (tertiary/aromatic N) is 3. The minimum Gasteiger partial charge on any atom is -0.323 e. The van der Waals surface area contributed by atoms with Gasteiger partial charge in [-0.05, 0) is 43.2 Å². The molecule has 1 aromatic heterocycles. The Bertz CT molecular complexity index is 1230. The van der Waals surface area contributed by atoms with Crippen LogP contribution < -0.4 is 4.90 Å². The standard InChI is InChI=1S/C26H25N3O/c1-18-12-13-23(19(2)14-18)28-17-21(15-25(28)30)26-27-22-10-6-7-11-24(22)29(26)16-20-8-4-3-5-9-20/h3-14,21H,15-17H2,1-2H3/t21-/m1/s1. The molecule has 1 fully saturated rings. The highest BCUT2D eigenvalue weighted by molar-refractivity contribution is 5.97. The van der Waals surface area contributed by atoms with E-state index in [1.807, 2.05) is 17.0 Å². The molecule has 0 unspecified atom stereocenters. The number of fused-ring (bicyclic) bond motifs is 1. The van der Waals surface area contributed by atoms with Crippen molar-refractivity contribution < 1.29 is 4.79 Å². The van der Waals surface area contributed by atoms with Gasteiger partial charge in [-0.2, -0.15) is 0 Å². The Balaban J connectivity index is 1.53. The Hall–Kier alpha value is -3.40. The summed E-state index contributed by atoms with van der Waals surface area (Å²) in [5, 5.41) is 0. The molecule has 4 aromatic rings. The molecule has 1 atom stereocenters. The van der Waals surface area contributed by atoms with Crippen molar-refractivity contribution in [3.63, 3.8) is 0 Å². The maximum absolute atomic E-state index is 13.0. The quantitative estimate of drug-likeness (QED) is 0.475. The first kappa shape index (κ1) is 18.6. The van der Waals surface area contributed by atoms with Crippen molar-refractivity contribution in [2.75, 3.05) is 11.4 Å². The molecule has 2 heterocycles. The minimum absolute atomic E-state index is 0.0781. The molecule has 1 aliphatic rings. The average Bonchev–Trinajstić information content (AvgIpc) is 3.30. The number of imidazole rings is 1. The summed E-state index contributed by atoms with van der Waals surface area (Å²) in [5.41, 5.74) is 6.71. The van der Waals surface area contributed by atoms with Gasteiger partial charge in [0, 0.05) is 31.1 Å². The van der Waals surface area contributed by atoms with Gasteiger partial charge in [-0.25, -0.2) is 4.98 Å². The normalized spacial score (nSPS) is 16.5. The van der Waals surface area contributed by atoms with Gasteiger partial charge < -0.3 is 9.47 Å². The van der Waals surface area contributed by atoms with E-state index in [-0.39, 0.29) is 11.8 Å². The van der Waals surface area contributed by atoms with E-state index in [1.54, 1.807) is 0 Å². The Morgan fingerprint density at radius 2 is 1.73 bits per heavy atom. The number of para-hydroxylation sites is 2. The van der Waals surface area contributed by atoms with Gasteiger partial charge in [0.2, 0.25) is 5.91 Å². The van der Waals surface area contributed by atoms with E-state index in [2.05, 4.69) is 79.1 Å². The molecule has 5 rings (SSSR count). The van der Waals surface area contributed by atoms with Crippen molar-refractivity contribution in [3.8, 4) is 0 Å². The molecule has 30 heavy (non-hydrogen) atoms. The van der Waals surface area contributed by atoms with E-state index in [1.165, 1.54) is 11.1 Å². The Kier molecular flexibility index (Phi) is 4.62. The van der Waals surface area contributed by atoms with Crippen molar-refractivity contribution in [2.24, 2.45) is 0 Å². The highest BCUT2D eigenvalue weighted by Crippen LogP contribution is 2.35. The molecular formula is C26H25N3O. The SMILES string of the molecule is Cc1ccc(N2C[C@H](c3nc4ccccc4n3Cc3ccccc3)CC2=O)c(C)c1. The summed E-state index contributed by atoms with van der Waals surface area (Å²) in [7, 11) is 0. The second kappa shape index (κ2) is 7.45. The summed E-state index contributed by atoms with van der Waals surface area (Å²) >= 11 is 0. The van der Waals surface area contributed by atoms with E-state index < -0.39 is 0 Å². The molecule has 0 spiro atoms. The summed E-state index contributed by atoms with van der Waals surface area (Å²) in [5.74, 6) is 1.25. The predicted molar refractivity (Wildman–Crippen MR) is 121 cm³/mol. The van der Waals surface area contributed by atoms with Gasteiger partial charge in [-0.15, -0.1) is 0 Å². The molecule has 0 radical (unpaired) electrons. The van der Waals surface area contributed by atoms with Crippen LogP contribution in [0.25, 0.3) is 11.0 Å². The fraction of sp³-hybridized carbons (Fsp3) is 0.231. The first-order chi connectivity index (χ1) is 14.6. The van der Waals surface area contributed by atoms with E-state index in [0.717, 1.165) is 34.7 Å². The largest absolute Gasteiger partial charge is 0.323 e. The Morgan fingerprint density at radius 3 is 2.53 bits per heavy atom. The molecule has 4 nitrogen and oxygen atoms in total. The average molecular weight is 396 g/mol. The van der Waals surface area contributed by atoms with Crippen LogP contribution in [0, 0.1) is 13.8 Å². The molecule has 0 aliphatic carbocycles. The molecule has 150 valence electrons. The summed E-state index contributed by atoms with van der Waals surface area (Å²) in [6, 6.07) is 25.0. The Labute approximate surface area is 176 Å². The van der Waals surface area contributed by atoms with Crippen LogP contribution in [0.3, 0.4) is 0 Å². The zero-order chi connectivity index (χ0) is 20.7. The van der Waals surface area contributed by atoms with Crippen molar-refractivity contribution in [1.82, 2.24) is 9.55 Å². The third-order valence-corrected chi connectivity index (χ3v) is 6.00. The minimum atomic E-state index is 0.0781. The van der Waals surface area contributed by atoms with Gasteiger partial charge in [0.1, 0.15) is 5.82 Å². The van der Waals surface area contributed by atoms with Gasteiger partial charge in [-0.3, -0.25) is 4.79 Å². The van der Waals surface area contributed by atoms with Gasteiger partial charge in [0.05, 0.1) is 11.0 Å². The highest BCUT2D eigenvalue weighted by atomic mass is 16.2. The zero-order valence-electron chi connectivity index (χ0n) is 17.4. The number of benzene rings is 3. The smallest absolute Gasteiger partial charge is 0.227 e. The lowest BCUT2D eigenvalue weighted by Crippen LogP contribution is -2.25. The molecule has 1 aliphatic heterocycles. The molecular weight excluding hydrogens is 370 g/mol. The van der Waals surface area contributed by atoms with Crippen LogP contribution in [0.4, 0.5) is 5.69 Å². The lowest BCUT2D eigenvalue weighted by Gasteiger charge is -2.20. The maximum Gasteiger partial charge on any atom is 0.227 e. The lowest BCUT2D eigenvalue weighted by molar-refractivity contribution is -0.117. The van der Waals surface area contributed by atoms with E-state index in [4.69, 9.17) is 4.98 Å². The van der Waals surface area contributed by atoms with Crippen molar-refractivity contribution in [1.29, 1.82) is 0 Å². The highest BCUT2D eigenvalue weighted by Gasteiger charge is 2.35. The molecule has 3 aromatic carbocycles. The predicted octanol–water partition coefficient (Wildman–Crippen LogP) is 5.22. The summed E-state index contributed by atoms with van der Waals surface area (Å²) in [6.07, 6.45) is 0.491. The van der Waals surface area contributed by atoms with E-state index in [9.17, 15) is 4.79 Å². The monoisotopic (exact) mass is 395 g/mol. The third-order valence-electron chi connectivity index (χ3n) is 6.00. The topological polar surface area (TPSA) is 38.1 Å². The van der Waals surface area contributed by atoms with Crippen LogP contribution in [0.5, 0.6) is 0 Å². The second-order valence-electron chi connectivity index (χ2n) is 8.23. The summed E-state index contributed by atoms with van der Waals surface area (Å²) in [4.78, 5) is 19.9. The van der Waals surface area contributed by atoms with Crippen LogP contribution in [0.1, 0.15) is 34.9 Å². The van der Waals surface area contributed by atoms with Gasteiger partial charge in [0.25, 0.3) is 0 Å². The fourth-order valence-corrected chi connectivity index (χ4v) is 4.56. The van der Waals surface area contributed by atoms with Crippen LogP contribution in [0.2, 0.25) is 0 Å². The number of amides is 1. The first-order valence-corrected chi connectivity index (χ1v) is 10.5. The third kappa shape index (κ3) is 3.28.